The first-order valence-corrected chi connectivity index (χ1v) is 7.12. The third kappa shape index (κ3) is 8.18. The van der Waals surface area contributed by atoms with Gasteiger partial charge in [0.05, 0.1) is 19.8 Å². The highest BCUT2D eigenvalue weighted by molar-refractivity contribution is 5.80. The van der Waals surface area contributed by atoms with Crippen LogP contribution in [-0.2, 0) is 19.0 Å². The number of hydrogen-bond acceptors (Lipinski definition) is 5. The van der Waals surface area contributed by atoms with Crippen LogP contribution in [0.2, 0.25) is 0 Å². The van der Waals surface area contributed by atoms with Gasteiger partial charge in [-0.05, 0) is 33.7 Å². The van der Waals surface area contributed by atoms with E-state index in [4.69, 9.17) is 14.2 Å². The summed E-state index contributed by atoms with van der Waals surface area (Å²) in [4.78, 5) is 11.8. The summed E-state index contributed by atoms with van der Waals surface area (Å²) in [6.45, 7) is 8.62. The number of unbranched alkanes of at least 4 members (excludes halogenated alkanes) is 1. The normalized spacial score (nSPS) is 14.1. The zero-order chi connectivity index (χ0) is 14.6. The Labute approximate surface area is 117 Å². The standard InChI is InChI=1S/C14H29NO4/c1-5-7-9-17-11-12-18-10-8-14(3,15-4)13(16)19-6-2/h15H,5-12H2,1-4H3. The Morgan fingerprint density at radius 2 is 1.74 bits per heavy atom. The highest BCUT2D eigenvalue weighted by atomic mass is 16.5. The van der Waals surface area contributed by atoms with Gasteiger partial charge in [0.2, 0.25) is 0 Å². The van der Waals surface area contributed by atoms with Gasteiger partial charge in [0.15, 0.2) is 0 Å². The molecule has 0 amide bonds. The van der Waals surface area contributed by atoms with Gasteiger partial charge in [0.25, 0.3) is 0 Å². The van der Waals surface area contributed by atoms with Crippen molar-refractivity contribution in [3.8, 4) is 0 Å². The van der Waals surface area contributed by atoms with Crippen molar-refractivity contribution in [2.75, 3.05) is 40.1 Å². The van der Waals surface area contributed by atoms with Gasteiger partial charge in [-0.1, -0.05) is 13.3 Å². The first-order valence-electron chi connectivity index (χ1n) is 7.12. The fourth-order valence-corrected chi connectivity index (χ4v) is 1.46. The highest BCUT2D eigenvalue weighted by Crippen LogP contribution is 2.11. The molecule has 1 atom stereocenters. The summed E-state index contributed by atoms with van der Waals surface area (Å²) in [5, 5.41) is 3.00. The van der Waals surface area contributed by atoms with E-state index in [0.717, 1.165) is 19.4 Å². The van der Waals surface area contributed by atoms with Crippen LogP contribution in [0.15, 0.2) is 0 Å². The topological polar surface area (TPSA) is 56.8 Å². The molecule has 0 bridgehead atoms. The van der Waals surface area contributed by atoms with E-state index in [1.807, 2.05) is 6.92 Å². The smallest absolute Gasteiger partial charge is 0.326 e. The highest BCUT2D eigenvalue weighted by Gasteiger charge is 2.32. The number of likely N-dealkylation sites (N-methyl/N-ethyl adjacent to an activating group) is 1. The summed E-state index contributed by atoms with van der Waals surface area (Å²) in [5.74, 6) is -0.236. The van der Waals surface area contributed by atoms with E-state index in [1.165, 1.54) is 0 Å². The molecule has 0 radical (unpaired) electrons. The number of carbonyl (C=O) groups excluding carboxylic acids is 1. The summed E-state index contributed by atoms with van der Waals surface area (Å²) >= 11 is 0. The fraction of sp³-hybridized carbons (Fsp3) is 0.929. The van der Waals surface area contributed by atoms with Crippen molar-refractivity contribution in [2.45, 2.75) is 45.6 Å². The molecule has 0 rings (SSSR count). The van der Waals surface area contributed by atoms with E-state index < -0.39 is 5.54 Å². The minimum absolute atomic E-state index is 0.236. The Kier molecular flexibility index (Phi) is 10.8. The SMILES string of the molecule is CCCCOCCOCCC(C)(NC)C(=O)OCC. The number of nitrogens with one attached hydrogen (secondary N) is 1. The van der Waals surface area contributed by atoms with Crippen molar-refractivity contribution in [3.05, 3.63) is 0 Å². The predicted octanol–water partition coefficient (Wildman–Crippen LogP) is 1.75. The molecule has 0 aromatic heterocycles. The zero-order valence-electron chi connectivity index (χ0n) is 12.8. The second kappa shape index (κ2) is 11.2. The predicted molar refractivity (Wildman–Crippen MR) is 75.3 cm³/mol. The number of ether oxygens (including phenoxy) is 3. The Hall–Kier alpha value is -0.650. The van der Waals surface area contributed by atoms with Gasteiger partial charge >= 0.3 is 5.97 Å². The Morgan fingerprint density at radius 1 is 1.11 bits per heavy atom. The van der Waals surface area contributed by atoms with E-state index in [0.29, 0.717) is 32.8 Å². The number of esters is 1. The molecule has 0 aromatic carbocycles. The van der Waals surface area contributed by atoms with Gasteiger partial charge in [-0.25, -0.2) is 0 Å². The lowest BCUT2D eigenvalue weighted by molar-refractivity contribution is -0.151. The average Bonchev–Trinajstić information content (AvgIpc) is 2.41. The number of hydrogen-bond donors (Lipinski definition) is 1. The van der Waals surface area contributed by atoms with Crippen LogP contribution in [0.25, 0.3) is 0 Å². The Balaban J connectivity index is 3.69. The zero-order valence-corrected chi connectivity index (χ0v) is 12.8. The van der Waals surface area contributed by atoms with Crippen molar-refractivity contribution in [3.63, 3.8) is 0 Å². The van der Waals surface area contributed by atoms with E-state index in [2.05, 4.69) is 12.2 Å². The minimum Gasteiger partial charge on any atom is -0.465 e. The molecule has 0 saturated carbocycles. The molecule has 0 heterocycles. The second-order valence-corrected chi connectivity index (χ2v) is 4.63. The largest absolute Gasteiger partial charge is 0.465 e. The molecule has 0 fully saturated rings. The number of carbonyl (C=O) groups is 1. The lowest BCUT2D eigenvalue weighted by Gasteiger charge is -2.26. The van der Waals surface area contributed by atoms with Gasteiger partial charge < -0.3 is 19.5 Å². The summed E-state index contributed by atoms with van der Waals surface area (Å²) in [6, 6.07) is 0. The van der Waals surface area contributed by atoms with Gasteiger partial charge in [0, 0.05) is 13.2 Å². The summed E-state index contributed by atoms with van der Waals surface area (Å²) in [7, 11) is 1.75. The third-order valence-electron chi connectivity index (χ3n) is 3.04. The quantitative estimate of drug-likeness (QED) is 0.434. The average molecular weight is 275 g/mol. The molecule has 0 aliphatic rings. The van der Waals surface area contributed by atoms with Gasteiger partial charge in [-0.2, -0.15) is 0 Å². The molecule has 0 saturated heterocycles. The number of rotatable bonds is 12. The molecule has 0 spiro atoms. The monoisotopic (exact) mass is 275 g/mol. The maximum atomic E-state index is 11.8. The first kappa shape index (κ1) is 18.4. The van der Waals surface area contributed by atoms with Crippen LogP contribution < -0.4 is 5.32 Å². The van der Waals surface area contributed by atoms with Crippen molar-refractivity contribution in [1.29, 1.82) is 0 Å². The molecule has 0 aromatic rings. The molecular weight excluding hydrogens is 246 g/mol. The van der Waals surface area contributed by atoms with Gasteiger partial charge in [-0.3, -0.25) is 4.79 Å². The summed E-state index contributed by atoms with van der Waals surface area (Å²) < 4.78 is 15.9. The Morgan fingerprint density at radius 3 is 2.26 bits per heavy atom. The van der Waals surface area contributed by atoms with Gasteiger partial charge in [-0.15, -0.1) is 0 Å². The third-order valence-corrected chi connectivity index (χ3v) is 3.04. The van der Waals surface area contributed by atoms with Crippen molar-refractivity contribution in [2.24, 2.45) is 0 Å². The summed E-state index contributed by atoms with van der Waals surface area (Å²) in [6.07, 6.45) is 2.80. The van der Waals surface area contributed by atoms with E-state index in [-0.39, 0.29) is 5.97 Å². The van der Waals surface area contributed by atoms with E-state index in [1.54, 1.807) is 14.0 Å². The van der Waals surface area contributed by atoms with E-state index in [9.17, 15) is 4.79 Å². The van der Waals surface area contributed by atoms with Crippen molar-refractivity contribution < 1.29 is 19.0 Å². The second-order valence-electron chi connectivity index (χ2n) is 4.63. The van der Waals surface area contributed by atoms with Crippen LogP contribution in [0.1, 0.15) is 40.0 Å². The maximum absolute atomic E-state index is 11.8. The van der Waals surface area contributed by atoms with Gasteiger partial charge in [0.1, 0.15) is 5.54 Å². The van der Waals surface area contributed by atoms with Crippen molar-refractivity contribution >= 4 is 5.97 Å². The molecule has 114 valence electrons. The van der Waals surface area contributed by atoms with Crippen LogP contribution in [0.3, 0.4) is 0 Å². The molecular formula is C14H29NO4. The maximum Gasteiger partial charge on any atom is 0.326 e. The lowest BCUT2D eigenvalue weighted by atomic mass is 9.99. The lowest BCUT2D eigenvalue weighted by Crippen LogP contribution is -2.49. The minimum atomic E-state index is -0.681. The molecule has 5 nitrogen and oxygen atoms in total. The van der Waals surface area contributed by atoms with Crippen molar-refractivity contribution in [1.82, 2.24) is 5.32 Å². The Bertz CT molecular complexity index is 235. The van der Waals surface area contributed by atoms with Crippen LogP contribution in [-0.4, -0.2) is 51.6 Å². The van der Waals surface area contributed by atoms with Crippen LogP contribution >= 0.6 is 0 Å². The molecule has 1 unspecified atom stereocenters. The molecule has 5 heteroatoms. The first-order chi connectivity index (χ1) is 9.10. The molecule has 0 aliphatic heterocycles. The molecule has 1 N–H and O–H groups in total. The molecule has 19 heavy (non-hydrogen) atoms. The van der Waals surface area contributed by atoms with Crippen LogP contribution in [0.5, 0.6) is 0 Å². The molecule has 0 aliphatic carbocycles. The summed E-state index contributed by atoms with van der Waals surface area (Å²) in [5.41, 5.74) is -0.681. The van der Waals surface area contributed by atoms with Crippen LogP contribution in [0, 0.1) is 0 Å². The van der Waals surface area contributed by atoms with Crippen LogP contribution in [0.4, 0.5) is 0 Å². The van der Waals surface area contributed by atoms with E-state index >= 15 is 0 Å². The fourth-order valence-electron chi connectivity index (χ4n) is 1.46.